The van der Waals surface area contributed by atoms with E-state index in [1.807, 2.05) is 0 Å². The van der Waals surface area contributed by atoms with Crippen LogP contribution in [0.1, 0.15) is 22.3 Å². The van der Waals surface area contributed by atoms with Crippen molar-refractivity contribution < 1.29 is 13.6 Å². The second kappa shape index (κ2) is 6.53. The van der Waals surface area contributed by atoms with Crippen LogP contribution in [0.4, 0.5) is 14.5 Å². The highest BCUT2D eigenvalue weighted by atomic mass is 35.5. The molecule has 0 fully saturated rings. The molecule has 7 heteroatoms. The Bertz CT molecular complexity index is 1000. The number of rotatable bonds is 2. The summed E-state index contributed by atoms with van der Waals surface area (Å²) in [5.41, 5.74) is 1.46. The average Bonchev–Trinajstić information content (AvgIpc) is 3.10. The van der Waals surface area contributed by atoms with Crippen LogP contribution in [-0.4, -0.2) is 22.2 Å². The van der Waals surface area contributed by atoms with Gasteiger partial charge in [-0.3, -0.25) is 4.79 Å². The molecule has 1 aliphatic heterocycles. The molecule has 2 heterocycles. The summed E-state index contributed by atoms with van der Waals surface area (Å²) in [6.45, 7) is 0.398. The van der Waals surface area contributed by atoms with E-state index >= 15 is 0 Å². The second-order valence-corrected chi connectivity index (χ2v) is 6.52. The number of aryl methyl sites for hydroxylation is 1. The smallest absolute Gasteiger partial charge is 0.261 e. The summed E-state index contributed by atoms with van der Waals surface area (Å²) < 4.78 is 29.6. The maximum absolute atomic E-state index is 14.4. The lowest BCUT2D eigenvalue weighted by molar-refractivity contribution is 0.0984. The summed E-state index contributed by atoms with van der Waals surface area (Å²) >= 11 is 5.92. The van der Waals surface area contributed by atoms with Crippen molar-refractivity contribution in [3.63, 3.8) is 0 Å². The highest BCUT2D eigenvalue weighted by molar-refractivity contribution is 6.30. The minimum absolute atomic E-state index is 0.239. The van der Waals surface area contributed by atoms with E-state index < -0.39 is 11.6 Å². The van der Waals surface area contributed by atoms with Gasteiger partial charge in [0.15, 0.2) is 0 Å². The van der Waals surface area contributed by atoms with E-state index in [1.165, 1.54) is 34.1 Å². The van der Waals surface area contributed by atoms with Crippen molar-refractivity contribution in [1.29, 1.82) is 0 Å². The standard InChI is InChI=1S/C19H14ClF2N3O/c20-14-8-12-4-3-7-24(18(12)16(22)9-14)19(26)13-10-23-25(11-13)17-6-2-1-5-15(17)21/h1-2,5-6,8-11H,3-4,7H2. The lowest BCUT2D eigenvalue weighted by Crippen LogP contribution is -2.36. The molecule has 0 aliphatic carbocycles. The van der Waals surface area contributed by atoms with Crippen molar-refractivity contribution in [1.82, 2.24) is 9.78 Å². The molecule has 1 aliphatic rings. The Balaban J connectivity index is 1.70. The van der Waals surface area contributed by atoms with Gasteiger partial charge in [0.05, 0.1) is 17.4 Å². The van der Waals surface area contributed by atoms with Crippen LogP contribution < -0.4 is 4.90 Å². The molecule has 0 saturated carbocycles. The first-order valence-corrected chi connectivity index (χ1v) is 8.52. The predicted octanol–water partition coefficient (Wildman–Crippen LogP) is 4.40. The molecule has 0 saturated heterocycles. The number of hydrogen-bond donors (Lipinski definition) is 0. The molecular formula is C19H14ClF2N3O. The minimum Gasteiger partial charge on any atom is -0.305 e. The fourth-order valence-corrected chi connectivity index (χ4v) is 3.44. The fraction of sp³-hybridized carbons (Fsp3) is 0.158. The van der Waals surface area contributed by atoms with Crippen LogP contribution in [0.5, 0.6) is 0 Å². The zero-order chi connectivity index (χ0) is 18.3. The van der Waals surface area contributed by atoms with Crippen LogP contribution in [0.2, 0.25) is 5.02 Å². The van der Waals surface area contributed by atoms with E-state index in [1.54, 1.807) is 24.3 Å². The summed E-state index contributed by atoms with van der Waals surface area (Å²) in [4.78, 5) is 14.3. The van der Waals surface area contributed by atoms with E-state index in [0.29, 0.717) is 30.0 Å². The van der Waals surface area contributed by atoms with Crippen LogP contribution in [0.25, 0.3) is 5.69 Å². The SMILES string of the molecule is O=C(c1cnn(-c2ccccc2F)c1)N1CCCc2cc(Cl)cc(F)c21. The van der Waals surface area contributed by atoms with Crippen LogP contribution in [-0.2, 0) is 6.42 Å². The zero-order valence-corrected chi connectivity index (χ0v) is 14.4. The summed E-state index contributed by atoms with van der Waals surface area (Å²) in [6, 6.07) is 9.03. The van der Waals surface area contributed by atoms with Gasteiger partial charge < -0.3 is 4.90 Å². The summed E-state index contributed by atoms with van der Waals surface area (Å²) in [6.07, 6.45) is 4.17. The largest absolute Gasteiger partial charge is 0.305 e. The molecule has 1 aromatic heterocycles. The van der Waals surface area contributed by atoms with Gasteiger partial charge >= 0.3 is 0 Å². The van der Waals surface area contributed by atoms with Crippen molar-refractivity contribution in [2.24, 2.45) is 0 Å². The lowest BCUT2D eigenvalue weighted by Gasteiger charge is -2.29. The zero-order valence-electron chi connectivity index (χ0n) is 13.6. The maximum atomic E-state index is 14.4. The third-order valence-corrected chi connectivity index (χ3v) is 4.60. The van der Waals surface area contributed by atoms with Crippen molar-refractivity contribution in [3.05, 3.63) is 76.6 Å². The van der Waals surface area contributed by atoms with Gasteiger partial charge in [0.1, 0.15) is 17.3 Å². The number of para-hydroxylation sites is 1. The average molecular weight is 374 g/mol. The van der Waals surface area contributed by atoms with Gasteiger partial charge in [0.25, 0.3) is 5.91 Å². The molecule has 0 spiro atoms. The Morgan fingerprint density at radius 2 is 1.96 bits per heavy atom. The molecule has 3 aromatic rings. The van der Waals surface area contributed by atoms with Gasteiger partial charge in [-0.2, -0.15) is 5.10 Å². The van der Waals surface area contributed by atoms with E-state index in [0.717, 1.165) is 0 Å². The van der Waals surface area contributed by atoms with Crippen molar-refractivity contribution in [2.75, 3.05) is 11.4 Å². The first kappa shape index (κ1) is 16.7. The first-order valence-electron chi connectivity index (χ1n) is 8.14. The van der Waals surface area contributed by atoms with Gasteiger partial charge in [0.2, 0.25) is 0 Å². The Hall–Kier alpha value is -2.73. The summed E-state index contributed by atoms with van der Waals surface area (Å²) in [7, 11) is 0. The minimum atomic E-state index is -0.526. The molecule has 0 unspecified atom stereocenters. The maximum Gasteiger partial charge on any atom is 0.261 e. The highest BCUT2D eigenvalue weighted by Crippen LogP contribution is 2.33. The van der Waals surface area contributed by atoms with E-state index in [4.69, 9.17) is 11.6 Å². The third kappa shape index (κ3) is 2.86. The number of benzene rings is 2. The van der Waals surface area contributed by atoms with Crippen LogP contribution in [0.3, 0.4) is 0 Å². The number of fused-ring (bicyclic) bond motifs is 1. The molecule has 0 atom stereocenters. The Morgan fingerprint density at radius 1 is 1.15 bits per heavy atom. The van der Waals surface area contributed by atoms with Crippen molar-refractivity contribution >= 4 is 23.2 Å². The molecule has 0 radical (unpaired) electrons. The highest BCUT2D eigenvalue weighted by Gasteiger charge is 2.28. The normalized spacial score (nSPS) is 13.6. The number of aromatic nitrogens is 2. The number of anilines is 1. The fourth-order valence-electron chi connectivity index (χ4n) is 3.21. The molecule has 1 amide bonds. The van der Waals surface area contributed by atoms with E-state index in [-0.39, 0.29) is 22.8 Å². The van der Waals surface area contributed by atoms with E-state index in [2.05, 4.69) is 5.10 Å². The molecule has 132 valence electrons. The van der Waals surface area contributed by atoms with Crippen molar-refractivity contribution in [3.8, 4) is 5.69 Å². The molecule has 2 aromatic carbocycles. The predicted molar refractivity (Wildman–Crippen MR) is 94.9 cm³/mol. The van der Waals surface area contributed by atoms with Gasteiger partial charge in [-0.25, -0.2) is 13.5 Å². The molecule has 0 N–H and O–H groups in total. The van der Waals surface area contributed by atoms with E-state index in [9.17, 15) is 13.6 Å². The summed E-state index contributed by atoms with van der Waals surface area (Å²) in [5.74, 6) is -1.35. The number of amides is 1. The second-order valence-electron chi connectivity index (χ2n) is 6.08. The number of carbonyl (C=O) groups excluding carboxylic acids is 1. The van der Waals surface area contributed by atoms with Crippen molar-refractivity contribution in [2.45, 2.75) is 12.8 Å². The quantitative estimate of drug-likeness (QED) is 0.668. The molecular weight excluding hydrogens is 360 g/mol. The summed E-state index contributed by atoms with van der Waals surface area (Å²) in [5, 5.41) is 4.38. The molecule has 4 rings (SSSR count). The number of carbonyl (C=O) groups is 1. The number of nitrogens with zero attached hydrogens (tertiary/aromatic N) is 3. The molecule has 26 heavy (non-hydrogen) atoms. The van der Waals surface area contributed by atoms with Crippen LogP contribution in [0, 0.1) is 11.6 Å². The van der Waals surface area contributed by atoms with Gasteiger partial charge in [-0.1, -0.05) is 23.7 Å². The third-order valence-electron chi connectivity index (χ3n) is 4.38. The Morgan fingerprint density at radius 3 is 2.77 bits per heavy atom. The van der Waals surface area contributed by atoms with Crippen LogP contribution in [0.15, 0.2) is 48.8 Å². The number of halogens is 3. The Labute approximate surface area is 153 Å². The Kier molecular flexibility index (Phi) is 4.20. The van der Waals surface area contributed by atoms with Gasteiger partial charge in [0, 0.05) is 17.8 Å². The first-order chi connectivity index (χ1) is 12.5. The monoisotopic (exact) mass is 373 g/mol. The molecule has 0 bridgehead atoms. The van der Waals surface area contributed by atoms with Crippen LogP contribution >= 0.6 is 11.6 Å². The lowest BCUT2D eigenvalue weighted by atomic mass is 10.0. The van der Waals surface area contributed by atoms with Gasteiger partial charge in [-0.05, 0) is 42.7 Å². The molecule has 4 nitrogen and oxygen atoms in total. The topological polar surface area (TPSA) is 38.1 Å². The number of hydrogen-bond acceptors (Lipinski definition) is 2. The van der Waals surface area contributed by atoms with Gasteiger partial charge in [-0.15, -0.1) is 0 Å².